The average Bonchev–Trinajstić information content (AvgIpc) is 2.73. The molecule has 0 aromatic heterocycles. The molecule has 1 heterocycles. The zero-order valence-corrected chi connectivity index (χ0v) is 11.2. The van der Waals surface area contributed by atoms with Crippen LogP contribution in [0.25, 0.3) is 0 Å². The van der Waals surface area contributed by atoms with Crippen molar-refractivity contribution in [3.05, 3.63) is 0 Å². The zero-order valence-electron chi connectivity index (χ0n) is 11.2. The Morgan fingerprint density at radius 1 is 1.59 bits per heavy atom. The minimum atomic E-state index is -0.515. The molecule has 5 heteroatoms. The summed E-state index contributed by atoms with van der Waals surface area (Å²) in [5.74, 6) is -0.138. The molecule has 5 nitrogen and oxygen atoms in total. The molecule has 1 fully saturated rings. The molecule has 0 bridgehead atoms. The molecule has 1 aliphatic rings. The maximum atomic E-state index is 11.9. The Balaban J connectivity index is 2.47. The van der Waals surface area contributed by atoms with E-state index in [1.807, 2.05) is 20.8 Å². The van der Waals surface area contributed by atoms with Gasteiger partial charge in [-0.3, -0.25) is 4.79 Å². The van der Waals surface area contributed by atoms with E-state index in [9.17, 15) is 4.79 Å². The minimum Gasteiger partial charge on any atom is -0.378 e. The van der Waals surface area contributed by atoms with E-state index in [4.69, 9.17) is 15.2 Å². The predicted octanol–water partition coefficient (Wildman–Crippen LogP) is 0.282. The van der Waals surface area contributed by atoms with E-state index in [1.165, 1.54) is 0 Å². The first-order chi connectivity index (χ1) is 7.81. The molecule has 0 aromatic rings. The van der Waals surface area contributed by atoms with Crippen molar-refractivity contribution in [3.63, 3.8) is 0 Å². The van der Waals surface area contributed by atoms with Gasteiger partial charge in [0.05, 0.1) is 12.6 Å². The fraction of sp³-hybridized carbons (Fsp3) is 0.917. The maximum Gasteiger partial charge on any atom is 0.237 e. The summed E-state index contributed by atoms with van der Waals surface area (Å²) in [5, 5.41) is 2.85. The van der Waals surface area contributed by atoms with E-state index in [-0.39, 0.29) is 16.9 Å². The summed E-state index contributed by atoms with van der Waals surface area (Å²) in [7, 11) is 1.64. The van der Waals surface area contributed by atoms with Crippen LogP contribution in [-0.2, 0) is 14.3 Å². The molecule has 1 saturated heterocycles. The molecule has 0 aliphatic carbocycles. The molecular formula is C12H24N2O3. The lowest BCUT2D eigenvalue weighted by molar-refractivity contribution is -0.126. The number of nitrogens with two attached hydrogens (primary N) is 1. The minimum absolute atomic E-state index is 0.138. The van der Waals surface area contributed by atoms with Crippen molar-refractivity contribution in [1.82, 2.24) is 5.32 Å². The van der Waals surface area contributed by atoms with Crippen molar-refractivity contribution in [2.75, 3.05) is 26.9 Å². The summed E-state index contributed by atoms with van der Waals surface area (Å²) in [6.07, 6.45) is 0.800. The Labute approximate surface area is 103 Å². The van der Waals surface area contributed by atoms with Crippen molar-refractivity contribution in [3.8, 4) is 0 Å². The first-order valence-electron chi connectivity index (χ1n) is 5.97. The summed E-state index contributed by atoms with van der Waals surface area (Å²) in [6.45, 7) is 7.49. The van der Waals surface area contributed by atoms with Gasteiger partial charge in [0.2, 0.25) is 5.91 Å². The molecule has 1 rings (SSSR count). The summed E-state index contributed by atoms with van der Waals surface area (Å²) in [6, 6.07) is -0.515. The van der Waals surface area contributed by atoms with Crippen molar-refractivity contribution in [2.24, 2.45) is 11.1 Å². The van der Waals surface area contributed by atoms with E-state index in [0.29, 0.717) is 19.8 Å². The number of hydrogen-bond acceptors (Lipinski definition) is 4. The highest BCUT2D eigenvalue weighted by Crippen LogP contribution is 2.22. The molecule has 3 N–H and O–H groups in total. The highest BCUT2D eigenvalue weighted by atomic mass is 16.5. The van der Waals surface area contributed by atoms with Crippen LogP contribution in [-0.4, -0.2) is 44.4 Å². The summed E-state index contributed by atoms with van der Waals surface area (Å²) < 4.78 is 10.7. The number of methoxy groups -OCH3 is 1. The topological polar surface area (TPSA) is 73.6 Å². The second-order valence-corrected chi connectivity index (χ2v) is 5.75. The lowest BCUT2D eigenvalue weighted by Gasteiger charge is -2.29. The number of rotatable bonds is 4. The Kier molecular flexibility index (Phi) is 4.52. The van der Waals surface area contributed by atoms with Gasteiger partial charge in [-0.15, -0.1) is 0 Å². The number of amides is 1. The number of nitrogens with one attached hydrogen (secondary N) is 1. The molecule has 2 atom stereocenters. The van der Waals surface area contributed by atoms with Gasteiger partial charge in [0.15, 0.2) is 0 Å². The molecular weight excluding hydrogens is 220 g/mol. The van der Waals surface area contributed by atoms with Gasteiger partial charge < -0.3 is 20.5 Å². The van der Waals surface area contributed by atoms with Gasteiger partial charge in [0.1, 0.15) is 5.60 Å². The average molecular weight is 244 g/mol. The van der Waals surface area contributed by atoms with Crippen molar-refractivity contribution >= 4 is 5.91 Å². The molecule has 0 radical (unpaired) electrons. The Bertz CT molecular complexity index is 267. The van der Waals surface area contributed by atoms with Crippen molar-refractivity contribution in [2.45, 2.75) is 38.8 Å². The third kappa shape index (κ3) is 3.66. The molecule has 1 amide bonds. The quantitative estimate of drug-likeness (QED) is 0.745. The first kappa shape index (κ1) is 14.4. The third-order valence-electron chi connectivity index (χ3n) is 3.30. The van der Waals surface area contributed by atoms with Crippen LogP contribution in [0.5, 0.6) is 0 Å². The fourth-order valence-electron chi connectivity index (χ4n) is 1.71. The largest absolute Gasteiger partial charge is 0.378 e. The summed E-state index contributed by atoms with van der Waals surface area (Å²) in [4.78, 5) is 11.9. The van der Waals surface area contributed by atoms with Gasteiger partial charge in [0.25, 0.3) is 0 Å². The van der Waals surface area contributed by atoms with Crippen LogP contribution in [0.3, 0.4) is 0 Å². The predicted molar refractivity (Wildman–Crippen MR) is 65.6 cm³/mol. The highest BCUT2D eigenvalue weighted by molar-refractivity contribution is 5.82. The second kappa shape index (κ2) is 5.33. The summed E-state index contributed by atoms with van der Waals surface area (Å²) in [5.41, 5.74) is 5.26. The van der Waals surface area contributed by atoms with Crippen molar-refractivity contribution in [1.29, 1.82) is 0 Å². The lowest BCUT2D eigenvalue weighted by atomic mass is 9.87. The van der Waals surface area contributed by atoms with Crippen LogP contribution >= 0.6 is 0 Å². The molecule has 17 heavy (non-hydrogen) atoms. The molecule has 1 unspecified atom stereocenters. The van der Waals surface area contributed by atoms with Crippen LogP contribution in [0.1, 0.15) is 27.2 Å². The molecule has 100 valence electrons. The van der Waals surface area contributed by atoms with Gasteiger partial charge in [0, 0.05) is 26.7 Å². The normalized spacial score (nSPS) is 26.9. The van der Waals surface area contributed by atoms with Gasteiger partial charge in [-0.1, -0.05) is 20.8 Å². The number of carbonyl (C=O) groups excluding carboxylic acids is 1. The zero-order chi connectivity index (χ0) is 13.1. The van der Waals surface area contributed by atoms with E-state index in [1.54, 1.807) is 7.11 Å². The second-order valence-electron chi connectivity index (χ2n) is 5.75. The standard InChI is InChI=1S/C12H24N2O3/c1-11(2,3)9(13)10(15)14-7-12(16-4)5-6-17-8-12/h9H,5-8,13H2,1-4H3,(H,14,15)/t9-,12?/m1/s1. The third-order valence-corrected chi connectivity index (χ3v) is 3.30. The smallest absolute Gasteiger partial charge is 0.237 e. The van der Waals surface area contributed by atoms with Crippen LogP contribution in [0.2, 0.25) is 0 Å². The monoisotopic (exact) mass is 244 g/mol. The Morgan fingerprint density at radius 2 is 2.24 bits per heavy atom. The van der Waals surface area contributed by atoms with Crippen LogP contribution < -0.4 is 11.1 Å². The van der Waals surface area contributed by atoms with Crippen LogP contribution in [0, 0.1) is 5.41 Å². The fourth-order valence-corrected chi connectivity index (χ4v) is 1.71. The van der Waals surface area contributed by atoms with Gasteiger partial charge in [-0.25, -0.2) is 0 Å². The summed E-state index contributed by atoms with van der Waals surface area (Å²) >= 11 is 0. The van der Waals surface area contributed by atoms with Crippen LogP contribution in [0.15, 0.2) is 0 Å². The van der Waals surface area contributed by atoms with Crippen molar-refractivity contribution < 1.29 is 14.3 Å². The van der Waals surface area contributed by atoms with Gasteiger partial charge >= 0.3 is 0 Å². The van der Waals surface area contributed by atoms with E-state index in [0.717, 1.165) is 6.42 Å². The van der Waals surface area contributed by atoms with E-state index in [2.05, 4.69) is 5.32 Å². The molecule has 0 spiro atoms. The Hall–Kier alpha value is -0.650. The maximum absolute atomic E-state index is 11.9. The SMILES string of the molecule is COC1(CNC(=O)[C@@H](N)C(C)(C)C)CCOC1. The van der Waals surface area contributed by atoms with Gasteiger partial charge in [-0.2, -0.15) is 0 Å². The molecule has 0 saturated carbocycles. The molecule has 0 aromatic carbocycles. The molecule has 1 aliphatic heterocycles. The van der Waals surface area contributed by atoms with Crippen LogP contribution in [0.4, 0.5) is 0 Å². The Morgan fingerprint density at radius 3 is 2.65 bits per heavy atom. The van der Waals surface area contributed by atoms with E-state index < -0.39 is 6.04 Å². The van der Waals surface area contributed by atoms with Gasteiger partial charge in [-0.05, 0) is 5.41 Å². The number of ether oxygens (including phenoxy) is 2. The number of hydrogen-bond donors (Lipinski definition) is 2. The number of carbonyl (C=O) groups is 1. The highest BCUT2D eigenvalue weighted by Gasteiger charge is 2.36. The van der Waals surface area contributed by atoms with E-state index >= 15 is 0 Å². The first-order valence-corrected chi connectivity index (χ1v) is 5.97. The lowest BCUT2D eigenvalue weighted by Crippen LogP contribution is -2.53.